The molecule has 0 aliphatic rings. The zero-order chi connectivity index (χ0) is 9.68. The average Bonchev–Trinajstić information content (AvgIpc) is 2.16. The van der Waals surface area contributed by atoms with Crippen LogP contribution < -0.4 is 10.5 Å². The third kappa shape index (κ3) is 2.97. The van der Waals surface area contributed by atoms with E-state index in [1.807, 2.05) is 6.07 Å². The molecule has 0 aliphatic carbocycles. The van der Waals surface area contributed by atoms with Crippen LogP contribution in [0.4, 0.5) is 4.39 Å². The summed E-state index contributed by atoms with van der Waals surface area (Å²) < 4.78 is 17.8. The minimum atomic E-state index is -0.478. The predicted molar refractivity (Wildman–Crippen MR) is 53.5 cm³/mol. The van der Waals surface area contributed by atoms with E-state index in [4.69, 9.17) is 10.5 Å². The Morgan fingerprint density at radius 3 is 2.85 bits per heavy atom. The van der Waals surface area contributed by atoms with E-state index in [-0.39, 0.29) is 6.61 Å². The largest absolute Gasteiger partial charge is 0.491 e. The molecular formula is C9H11BrFNO. The van der Waals surface area contributed by atoms with Gasteiger partial charge in [0, 0.05) is 11.0 Å². The molecule has 0 aromatic heterocycles. The Kier molecular flexibility index (Phi) is 4.18. The third-order valence-electron chi connectivity index (χ3n) is 1.58. The highest BCUT2D eigenvalue weighted by molar-refractivity contribution is 9.10. The number of hydrogen-bond donors (Lipinski definition) is 1. The third-order valence-corrected chi connectivity index (χ3v) is 2.36. The van der Waals surface area contributed by atoms with Gasteiger partial charge in [0.2, 0.25) is 0 Å². The molecule has 0 fully saturated rings. The quantitative estimate of drug-likeness (QED) is 0.886. The van der Waals surface area contributed by atoms with Crippen LogP contribution in [0.25, 0.3) is 0 Å². The molecule has 1 aromatic rings. The Bertz CT molecular complexity index is 280. The van der Waals surface area contributed by atoms with Crippen LogP contribution in [0.15, 0.2) is 22.7 Å². The van der Waals surface area contributed by atoms with Gasteiger partial charge in [-0.3, -0.25) is 0 Å². The van der Waals surface area contributed by atoms with Gasteiger partial charge in [-0.15, -0.1) is 0 Å². The van der Waals surface area contributed by atoms with Gasteiger partial charge in [0.25, 0.3) is 0 Å². The van der Waals surface area contributed by atoms with Gasteiger partial charge in [-0.1, -0.05) is 15.9 Å². The molecule has 0 atom stereocenters. The van der Waals surface area contributed by atoms with Gasteiger partial charge in [-0.2, -0.15) is 0 Å². The second kappa shape index (κ2) is 5.19. The van der Waals surface area contributed by atoms with Crippen molar-refractivity contribution in [2.24, 2.45) is 5.73 Å². The van der Waals surface area contributed by atoms with E-state index in [9.17, 15) is 4.39 Å². The second-order valence-corrected chi connectivity index (χ2v) is 3.35. The molecule has 0 saturated heterocycles. The molecule has 0 aliphatic heterocycles. The van der Waals surface area contributed by atoms with Crippen molar-refractivity contribution >= 4 is 15.9 Å². The first-order valence-electron chi connectivity index (χ1n) is 3.95. The Morgan fingerprint density at radius 2 is 2.23 bits per heavy atom. The van der Waals surface area contributed by atoms with Crippen LogP contribution in [0.5, 0.6) is 5.75 Å². The normalized spacial score (nSPS) is 10.1. The van der Waals surface area contributed by atoms with Gasteiger partial charge in [-0.25, -0.2) is 4.39 Å². The highest BCUT2D eigenvalue weighted by Gasteiger charge is 2.00. The summed E-state index contributed by atoms with van der Waals surface area (Å²) in [4.78, 5) is 0. The molecule has 72 valence electrons. The molecular weight excluding hydrogens is 237 g/mol. The fraction of sp³-hybridized carbons (Fsp3) is 0.333. The highest BCUT2D eigenvalue weighted by Crippen LogP contribution is 2.21. The van der Waals surface area contributed by atoms with Gasteiger partial charge in [0.05, 0.1) is 0 Å². The molecule has 0 bridgehead atoms. The lowest BCUT2D eigenvalue weighted by Crippen LogP contribution is -2.01. The van der Waals surface area contributed by atoms with Crippen molar-refractivity contribution < 1.29 is 9.13 Å². The van der Waals surface area contributed by atoms with Gasteiger partial charge < -0.3 is 10.5 Å². The SMILES string of the molecule is NCc1cc(OCCF)ccc1Br. The number of hydrogen-bond acceptors (Lipinski definition) is 2. The molecule has 2 N–H and O–H groups in total. The maximum atomic E-state index is 11.8. The molecule has 13 heavy (non-hydrogen) atoms. The van der Waals surface area contributed by atoms with Crippen LogP contribution in [0, 0.1) is 0 Å². The van der Waals surface area contributed by atoms with E-state index in [0.29, 0.717) is 12.3 Å². The van der Waals surface area contributed by atoms with E-state index in [1.54, 1.807) is 12.1 Å². The van der Waals surface area contributed by atoms with Crippen LogP contribution in [0.1, 0.15) is 5.56 Å². The lowest BCUT2D eigenvalue weighted by atomic mass is 10.2. The summed E-state index contributed by atoms with van der Waals surface area (Å²) in [5.74, 6) is 0.654. The Labute approximate surface area is 85.0 Å². The minimum Gasteiger partial charge on any atom is -0.491 e. The zero-order valence-corrected chi connectivity index (χ0v) is 8.68. The zero-order valence-electron chi connectivity index (χ0n) is 7.09. The molecule has 0 saturated carbocycles. The van der Waals surface area contributed by atoms with Crippen LogP contribution in [-0.4, -0.2) is 13.3 Å². The Hall–Kier alpha value is -0.610. The lowest BCUT2D eigenvalue weighted by molar-refractivity contribution is 0.273. The summed E-state index contributed by atoms with van der Waals surface area (Å²) in [5.41, 5.74) is 6.44. The van der Waals surface area contributed by atoms with Crippen molar-refractivity contribution in [3.05, 3.63) is 28.2 Å². The monoisotopic (exact) mass is 247 g/mol. The first-order chi connectivity index (χ1) is 6.27. The molecule has 4 heteroatoms. The van der Waals surface area contributed by atoms with Crippen molar-refractivity contribution in [1.29, 1.82) is 0 Å². The van der Waals surface area contributed by atoms with Crippen LogP contribution >= 0.6 is 15.9 Å². The van der Waals surface area contributed by atoms with Crippen molar-refractivity contribution in [3.63, 3.8) is 0 Å². The van der Waals surface area contributed by atoms with E-state index < -0.39 is 6.67 Å². The second-order valence-electron chi connectivity index (χ2n) is 2.49. The van der Waals surface area contributed by atoms with Gasteiger partial charge in [-0.05, 0) is 23.8 Å². The topological polar surface area (TPSA) is 35.2 Å². The summed E-state index contributed by atoms with van der Waals surface area (Å²) >= 11 is 3.35. The maximum absolute atomic E-state index is 11.8. The fourth-order valence-electron chi connectivity index (χ4n) is 0.954. The van der Waals surface area contributed by atoms with E-state index in [1.165, 1.54) is 0 Å². The van der Waals surface area contributed by atoms with E-state index in [0.717, 1.165) is 10.0 Å². The number of alkyl halides is 1. The molecule has 1 aromatic carbocycles. The minimum absolute atomic E-state index is 0.0889. The Balaban J connectivity index is 2.74. The van der Waals surface area contributed by atoms with Gasteiger partial charge in [0.15, 0.2) is 0 Å². The van der Waals surface area contributed by atoms with Gasteiger partial charge >= 0.3 is 0 Å². The highest BCUT2D eigenvalue weighted by atomic mass is 79.9. The molecule has 0 radical (unpaired) electrons. The summed E-state index contributed by atoms with van der Waals surface area (Å²) in [6.45, 7) is 0.0487. The molecule has 0 spiro atoms. The van der Waals surface area contributed by atoms with E-state index in [2.05, 4.69) is 15.9 Å². The summed E-state index contributed by atoms with van der Waals surface area (Å²) in [6.07, 6.45) is 0. The number of benzene rings is 1. The number of halogens is 2. The number of ether oxygens (including phenoxy) is 1. The van der Waals surface area contributed by atoms with Crippen molar-refractivity contribution in [2.75, 3.05) is 13.3 Å². The predicted octanol–water partition coefficient (Wildman–Crippen LogP) is 2.26. The lowest BCUT2D eigenvalue weighted by Gasteiger charge is -2.06. The van der Waals surface area contributed by atoms with Crippen molar-refractivity contribution in [1.82, 2.24) is 0 Å². The van der Waals surface area contributed by atoms with Gasteiger partial charge in [0.1, 0.15) is 19.0 Å². The van der Waals surface area contributed by atoms with Crippen LogP contribution in [-0.2, 0) is 6.54 Å². The molecule has 2 nitrogen and oxygen atoms in total. The molecule has 0 unspecified atom stereocenters. The smallest absolute Gasteiger partial charge is 0.123 e. The van der Waals surface area contributed by atoms with E-state index >= 15 is 0 Å². The Morgan fingerprint density at radius 1 is 1.46 bits per heavy atom. The maximum Gasteiger partial charge on any atom is 0.123 e. The van der Waals surface area contributed by atoms with Crippen LogP contribution in [0.3, 0.4) is 0 Å². The molecule has 1 rings (SSSR count). The standard InChI is InChI=1S/C9H11BrFNO/c10-9-2-1-8(13-4-3-11)5-7(9)6-12/h1-2,5H,3-4,6,12H2. The molecule has 0 amide bonds. The number of nitrogens with two attached hydrogens (primary N) is 1. The summed E-state index contributed by atoms with van der Waals surface area (Å²) in [5, 5.41) is 0. The van der Waals surface area contributed by atoms with Crippen LogP contribution in [0.2, 0.25) is 0 Å². The summed E-state index contributed by atoms with van der Waals surface area (Å²) in [7, 11) is 0. The molecule has 0 heterocycles. The first kappa shape index (κ1) is 10.5. The summed E-state index contributed by atoms with van der Waals surface area (Å²) in [6, 6.07) is 5.43. The number of rotatable bonds is 4. The fourth-order valence-corrected chi connectivity index (χ4v) is 1.36. The first-order valence-corrected chi connectivity index (χ1v) is 4.74. The average molecular weight is 248 g/mol. The van der Waals surface area contributed by atoms with Crippen molar-refractivity contribution in [3.8, 4) is 5.75 Å². The van der Waals surface area contributed by atoms with Crippen molar-refractivity contribution in [2.45, 2.75) is 6.54 Å².